The van der Waals surface area contributed by atoms with Crippen LogP contribution in [0.2, 0.25) is 0 Å². The molecular formula is C13H12F3N3OS. The van der Waals surface area contributed by atoms with Gasteiger partial charge < -0.3 is 9.72 Å². The summed E-state index contributed by atoms with van der Waals surface area (Å²) in [7, 11) is 0. The first kappa shape index (κ1) is 15.4. The number of nitrogens with one attached hydrogen (secondary N) is 1. The second-order valence-corrected chi connectivity index (χ2v) is 4.66. The second-order valence-electron chi connectivity index (χ2n) is 4.24. The van der Waals surface area contributed by atoms with Gasteiger partial charge in [-0.1, -0.05) is 19.1 Å². The third kappa shape index (κ3) is 4.01. The minimum Gasteiger partial charge on any atom is -0.492 e. The number of ether oxygens (including phenoxy) is 1. The molecule has 4 nitrogen and oxygen atoms in total. The molecular weight excluding hydrogens is 303 g/mol. The number of hydrogen-bond acceptors (Lipinski definition) is 4. The van der Waals surface area contributed by atoms with Crippen LogP contribution in [-0.4, -0.2) is 21.6 Å². The zero-order chi connectivity index (χ0) is 15.5. The Balaban J connectivity index is 2.42. The van der Waals surface area contributed by atoms with Gasteiger partial charge in [0.15, 0.2) is 0 Å². The molecule has 112 valence electrons. The van der Waals surface area contributed by atoms with E-state index < -0.39 is 12.0 Å². The fourth-order valence-corrected chi connectivity index (χ4v) is 1.82. The maximum atomic E-state index is 12.7. The van der Waals surface area contributed by atoms with Crippen molar-refractivity contribution in [2.45, 2.75) is 19.5 Å². The molecule has 0 saturated heterocycles. The van der Waals surface area contributed by atoms with Crippen LogP contribution in [-0.2, 0) is 6.18 Å². The van der Waals surface area contributed by atoms with Gasteiger partial charge in [-0.05, 0) is 18.6 Å². The molecule has 0 saturated carbocycles. The molecule has 0 amide bonds. The summed E-state index contributed by atoms with van der Waals surface area (Å²) in [6.07, 6.45) is -0.841. The van der Waals surface area contributed by atoms with Crippen molar-refractivity contribution >= 4 is 12.2 Å². The van der Waals surface area contributed by atoms with Gasteiger partial charge in [0.25, 0.3) is 0 Å². The Morgan fingerprint density at radius 1 is 1.29 bits per heavy atom. The number of nitrogens with zero attached hydrogens (tertiary/aromatic N) is 2. The molecule has 0 aliphatic carbocycles. The van der Waals surface area contributed by atoms with Crippen LogP contribution in [0, 0.1) is 4.64 Å². The molecule has 0 unspecified atom stereocenters. The van der Waals surface area contributed by atoms with Crippen LogP contribution in [0.15, 0.2) is 24.5 Å². The van der Waals surface area contributed by atoms with E-state index in [1.807, 2.05) is 6.92 Å². The SMILES string of the molecule is CCCOc1cncc(-c2cc(=S)nc(C(F)(F)F)[nH]2)c1. The molecule has 2 aromatic rings. The summed E-state index contributed by atoms with van der Waals surface area (Å²) in [5.74, 6) is -0.649. The van der Waals surface area contributed by atoms with Crippen molar-refractivity contribution in [2.75, 3.05) is 6.61 Å². The standard InChI is InChI=1S/C13H12F3N3OS/c1-2-3-20-9-4-8(6-17-7-9)10-5-11(21)19-12(18-10)13(14,15)16/h4-7H,2-3H2,1H3,(H,18,19,21). The Morgan fingerprint density at radius 3 is 2.71 bits per heavy atom. The number of halogens is 3. The van der Waals surface area contributed by atoms with Crippen LogP contribution in [0.5, 0.6) is 5.75 Å². The lowest BCUT2D eigenvalue weighted by Gasteiger charge is -2.10. The molecule has 8 heteroatoms. The molecule has 2 heterocycles. The molecule has 2 aromatic heterocycles. The average molecular weight is 315 g/mol. The maximum absolute atomic E-state index is 12.7. The van der Waals surface area contributed by atoms with E-state index in [1.165, 1.54) is 18.5 Å². The molecule has 0 aliphatic rings. The maximum Gasteiger partial charge on any atom is 0.449 e. The fraction of sp³-hybridized carbons (Fsp3) is 0.308. The normalized spacial score (nSPS) is 11.4. The minimum absolute atomic E-state index is 0.143. The van der Waals surface area contributed by atoms with Gasteiger partial charge in [-0.3, -0.25) is 4.98 Å². The van der Waals surface area contributed by atoms with Gasteiger partial charge in [-0.25, -0.2) is 4.98 Å². The zero-order valence-electron chi connectivity index (χ0n) is 11.1. The predicted octanol–water partition coefficient (Wildman–Crippen LogP) is 4.01. The summed E-state index contributed by atoms with van der Waals surface area (Å²) in [5.41, 5.74) is 0.638. The van der Waals surface area contributed by atoms with Crippen molar-refractivity contribution in [1.29, 1.82) is 0 Å². The van der Waals surface area contributed by atoms with Crippen molar-refractivity contribution in [1.82, 2.24) is 15.0 Å². The average Bonchev–Trinajstić information content (AvgIpc) is 2.44. The molecule has 0 aromatic carbocycles. The monoisotopic (exact) mass is 315 g/mol. The lowest BCUT2D eigenvalue weighted by atomic mass is 10.2. The summed E-state index contributed by atoms with van der Waals surface area (Å²) < 4.78 is 43.4. The first-order valence-electron chi connectivity index (χ1n) is 6.17. The van der Waals surface area contributed by atoms with Gasteiger partial charge in [0.1, 0.15) is 10.4 Å². The lowest BCUT2D eigenvalue weighted by molar-refractivity contribution is -0.144. The third-order valence-corrected chi connectivity index (χ3v) is 2.72. The first-order valence-corrected chi connectivity index (χ1v) is 6.57. The third-order valence-electron chi connectivity index (χ3n) is 2.51. The fourth-order valence-electron chi connectivity index (χ4n) is 1.61. The number of H-pyrrole nitrogens is 1. The smallest absolute Gasteiger partial charge is 0.449 e. The Labute approximate surface area is 124 Å². The van der Waals surface area contributed by atoms with Crippen LogP contribution >= 0.6 is 12.2 Å². The summed E-state index contributed by atoms with van der Waals surface area (Å²) in [5, 5.41) is 0. The van der Waals surface area contributed by atoms with E-state index in [-0.39, 0.29) is 10.3 Å². The molecule has 0 atom stereocenters. The molecule has 0 aliphatic heterocycles. The van der Waals surface area contributed by atoms with Crippen molar-refractivity contribution < 1.29 is 17.9 Å². The summed E-state index contributed by atoms with van der Waals surface area (Å²) in [6, 6.07) is 2.95. The Morgan fingerprint density at radius 2 is 2.05 bits per heavy atom. The predicted molar refractivity (Wildman–Crippen MR) is 73.4 cm³/mol. The van der Waals surface area contributed by atoms with E-state index in [4.69, 9.17) is 17.0 Å². The highest BCUT2D eigenvalue weighted by atomic mass is 32.1. The van der Waals surface area contributed by atoms with Crippen molar-refractivity contribution in [2.24, 2.45) is 0 Å². The van der Waals surface area contributed by atoms with E-state index in [1.54, 1.807) is 6.07 Å². The van der Waals surface area contributed by atoms with Crippen LogP contribution in [0.3, 0.4) is 0 Å². The topological polar surface area (TPSA) is 50.8 Å². The van der Waals surface area contributed by atoms with Crippen molar-refractivity contribution in [3.05, 3.63) is 35.0 Å². The second kappa shape index (κ2) is 6.21. The number of pyridine rings is 1. The highest BCUT2D eigenvalue weighted by Gasteiger charge is 2.34. The Hall–Kier alpha value is -1.96. The van der Waals surface area contributed by atoms with Gasteiger partial charge >= 0.3 is 6.18 Å². The van der Waals surface area contributed by atoms with E-state index in [2.05, 4.69) is 15.0 Å². The Kier molecular flexibility index (Phi) is 4.56. The van der Waals surface area contributed by atoms with E-state index in [0.29, 0.717) is 17.9 Å². The molecule has 0 bridgehead atoms. The van der Waals surface area contributed by atoms with Gasteiger partial charge in [0.2, 0.25) is 5.82 Å². The van der Waals surface area contributed by atoms with E-state index in [9.17, 15) is 13.2 Å². The van der Waals surface area contributed by atoms with E-state index >= 15 is 0 Å². The minimum atomic E-state index is -4.59. The number of aromatic amines is 1. The number of hydrogen-bond donors (Lipinski definition) is 1. The van der Waals surface area contributed by atoms with Gasteiger partial charge in [0.05, 0.1) is 18.5 Å². The summed E-state index contributed by atoms with van der Waals surface area (Å²) >= 11 is 4.78. The first-order chi connectivity index (χ1) is 9.90. The van der Waals surface area contributed by atoms with E-state index in [0.717, 1.165) is 6.42 Å². The van der Waals surface area contributed by atoms with Crippen molar-refractivity contribution in [3.63, 3.8) is 0 Å². The molecule has 1 N–H and O–H groups in total. The molecule has 21 heavy (non-hydrogen) atoms. The van der Waals surface area contributed by atoms with Crippen LogP contribution < -0.4 is 4.74 Å². The highest BCUT2D eigenvalue weighted by molar-refractivity contribution is 7.71. The quantitative estimate of drug-likeness (QED) is 0.866. The van der Waals surface area contributed by atoms with Crippen LogP contribution in [0.1, 0.15) is 19.2 Å². The van der Waals surface area contributed by atoms with Crippen LogP contribution in [0.4, 0.5) is 13.2 Å². The summed E-state index contributed by atoms with van der Waals surface area (Å²) in [6.45, 7) is 2.46. The summed E-state index contributed by atoms with van der Waals surface area (Å²) in [4.78, 5) is 9.47. The van der Waals surface area contributed by atoms with Crippen LogP contribution in [0.25, 0.3) is 11.3 Å². The van der Waals surface area contributed by atoms with Crippen molar-refractivity contribution in [3.8, 4) is 17.0 Å². The lowest BCUT2D eigenvalue weighted by Crippen LogP contribution is -2.11. The molecule has 0 spiro atoms. The highest BCUT2D eigenvalue weighted by Crippen LogP contribution is 2.28. The molecule has 2 rings (SSSR count). The number of alkyl halides is 3. The number of rotatable bonds is 4. The zero-order valence-corrected chi connectivity index (χ0v) is 11.9. The van der Waals surface area contributed by atoms with Gasteiger partial charge in [0, 0.05) is 11.8 Å². The molecule has 0 radical (unpaired) electrons. The van der Waals surface area contributed by atoms with Gasteiger partial charge in [-0.2, -0.15) is 13.2 Å². The largest absolute Gasteiger partial charge is 0.492 e. The number of aromatic nitrogens is 3. The Bertz CT molecular complexity index is 685. The van der Waals surface area contributed by atoms with Gasteiger partial charge in [-0.15, -0.1) is 0 Å². The molecule has 0 fully saturated rings.